The van der Waals surface area contributed by atoms with Gasteiger partial charge < -0.3 is 20.1 Å². The first-order valence-electron chi connectivity index (χ1n) is 9.42. The average molecular weight is 486 g/mol. The van der Waals surface area contributed by atoms with Gasteiger partial charge in [0.25, 0.3) is 11.8 Å². The number of nitrogens with zero attached hydrogens (tertiary/aromatic N) is 3. The van der Waals surface area contributed by atoms with E-state index in [1.54, 1.807) is 0 Å². The molecule has 0 unspecified atom stereocenters. The summed E-state index contributed by atoms with van der Waals surface area (Å²) in [7, 11) is -2.65. The van der Waals surface area contributed by atoms with E-state index in [0.717, 1.165) is 29.5 Å². The number of amides is 2. The number of methoxy groups -OCH3 is 1. The number of pyridine rings is 1. The second-order valence-electron chi connectivity index (χ2n) is 7.12. The van der Waals surface area contributed by atoms with Gasteiger partial charge in [-0.25, -0.2) is 21.9 Å². The Hall–Kier alpha value is -3.52. The van der Waals surface area contributed by atoms with E-state index in [4.69, 9.17) is 4.74 Å². The Morgan fingerprint density at radius 1 is 1.27 bits per heavy atom. The second-order valence-corrected chi connectivity index (χ2v) is 9.01. The summed E-state index contributed by atoms with van der Waals surface area (Å²) in [5.74, 6) is -4.79. The summed E-state index contributed by atoms with van der Waals surface area (Å²) < 4.78 is 57.8. The van der Waals surface area contributed by atoms with Crippen molar-refractivity contribution in [3.8, 4) is 5.75 Å². The van der Waals surface area contributed by atoms with Crippen molar-refractivity contribution in [1.82, 2.24) is 14.9 Å². The largest absolute Gasteiger partial charge is 0.502 e. The summed E-state index contributed by atoms with van der Waals surface area (Å²) in [5.41, 5.74) is -2.64. The number of rotatable bonds is 7. The smallest absolute Gasteiger partial charge is 0.278 e. The van der Waals surface area contributed by atoms with E-state index < -0.39 is 69.1 Å². The number of nitrogens with one attached hydrogen (secondary N) is 1. The Morgan fingerprint density at radius 2 is 1.97 bits per heavy atom. The minimum Gasteiger partial charge on any atom is -0.502 e. The molecule has 14 heteroatoms. The van der Waals surface area contributed by atoms with Gasteiger partial charge >= 0.3 is 0 Å². The molecule has 1 aliphatic rings. The molecule has 2 amide bonds. The van der Waals surface area contributed by atoms with E-state index in [0.29, 0.717) is 15.2 Å². The van der Waals surface area contributed by atoms with Crippen molar-refractivity contribution >= 4 is 21.8 Å². The fraction of sp³-hybridized carbons (Fsp3) is 0.316. The van der Waals surface area contributed by atoms with E-state index in [2.05, 4.69) is 5.32 Å². The van der Waals surface area contributed by atoms with Crippen molar-refractivity contribution in [1.29, 1.82) is 0 Å². The van der Waals surface area contributed by atoms with Gasteiger partial charge in [-0.3, -0.25) is 14.4 Å². The number of carbonyl (C=O) groups excluding carboxylic acids is 2. The number of aromatic hydroxyl groups is 1. The van der Waals surface area contributed by atoms with Crippen molar-refractivity contribution in [3.05, 3.63) is 63.1 Å². The van der Waals surface area contributed by atoms with Crippen LogP contribution in [0, 0.1) is 11.6 Å². The lowest BCUT2D eigenvalue weighted by Gasteiger charge is -2.38. The molecule has 2 aromatic rings. The molecule has 33 heavy (non-hydrogen) atoms. The first kappa shape index (κ1) is 24.1. The number of sulfonamides is 1. The van der Waals surface area contributed by atoms with Crippen molar-refractivity contribution in [3.63, 3.8) is 0 Å². The summed E-state index contributed by atoms with van der Waals surface area (Å²) in [5, 5.41) is 12.7. The minimum atomic E-state index is -4.03. The molecule has 3 rings (SSSR count). The van der Waals surface area contributed by atoms with Gasteiger partial charge in [-0.05, 0) is 6.07 Å². The zero-order valence-corrected chi connectivity index (χ0v) is 18.4. The molecular weight excluding hydrogens is 466 g/mol. The highest BCUT2D eigenvalue weighted by Crippen LogP contribution is 2.22. The molecule has 11 nitrogen and oxygen atoms in total. The first-order valence-corrected chi connectivity index (χ1v) is 11.3. The number of carbonyl (C=O) groups is 2. The van der Waals surface area contributed by atoms with Crippen LogP contribution in [0.1, 0.15) is 26.4 Å². The lowest BCUT2D eigenvalue weighted by molar-refractivity contribution is 0.0643. The topological polar surface area (TPSA) is 138 Å². The summed E-state index contributed by atoms with van der Waals surface area (Å²) in [6.45, 7) is -0.847. The summed E-state index contributed by atoms with van der Waals surface area (Å²) in [4.78, 5) is 39.0. The second kappa shape index (κ2) is 9.15. The SMILES string of the molecule is COCCN1CN(S(C)(=O)=O)n2cc(C(=O)NCc3ccc(F)cc3F)c(=O)c(O)c2C1=O. The summed E-state index contributed by atoms with van der Waals surface area (Å²) >= 11 is 0. The molecule has 0 atom stereocenters. The molecule has 2 heterocycles. The lowest BCUT2D eigenvalue weighted by Crippen LogP contribution is -2.57. The van der Waals surface area contributed by atoms with Gasteiger partial charge in [0.1, 0.15) is 23.9 Å². The highest BCUT2D eigenvalue weighted by atomic mass is 32.2. The van der Waals surface area contributed by atoms with Crippen molar-refractivity contribution in [2.24, 2.45) is 0 Å². The van der Waals surface area contributed by atoms with Crippen molar-refractivity contribution < 1.29 is 36.6 Å². The molecule has 0 radical (unpaired) electrons. The predicted molar refractivity (Wildman–Crippen MR) is 111 cm³/mol. The maximum absolute atomic E-state index is 13.8. The molecule has 0 spiro atoms. The van der Waals surface area contributed by atoms with Crippen LogP contribution < -0.4 is 15.2 Å². The van der Waals surface area contributed by atoms with Crippen molar-refractivity contribution in [2.45, 2.75) is 6.54 Å². The van der Waals surface area contributed by atoms with Crippen LogP contribution in [0.4, 0.5) is 8.78 Å². The zero-order valence-electron chi connectivity index (χ0n) is 17.5. The number of hydrogen-bond acceptors (Lipinski definition) is 7. The van der Waals surface area contributed by atoms with Crippen LogP contribution in [-0.4, -0.2) is 68.1 Å². The van der Waals surface area contributed by atoms with Gasteiger partial charge in [0.05, 0.1) is 12.9 Å². The van der Waals surface area contributed by atoms with Crippen LogP contribution in [0.25, 0.3) is 0 Å². The van der Waals surface area contributed by atoms with Crippen LogP contribution >= 0.6 is 0 Å². The van der Waals surface area contributed by atoms with E-state index in [1.165, 1.54) is 7.11 Å². The monoisotopic (exact) mass is 486 g/mol. The number of fused-ring (bicyclic) bond motifs is 1. The predicted octanol–water partition coefficient (Wildman–Crippen LogP) is -0.281. The quantitative estimate of drug-likeness (QED) is 0.549. The van der Waals surface area contributed by atoms with Gasteiger partial charge in [-0.15, -0.1) is 0 Å². The third kappa shape index (κ3) is 4.80. The Bertz CT molecular complexity index is 1280. The Balaban J connectivity index is 2.01. The Morgan fingerprint density at radius 3 is 2.58 bits per heavy atom. The van der Waals surface area contributed by atoms with Gasteiger partial charge in [0.2, 0.25) is 15.5 Å². The Labute approximate surface area is 186 Å². The molecule has 1 aromatic carbocycles. The fourth-order valence-corrected chi connectivity index (χ4v) is 3.93. The lowest BCUT2D eigenvalue weighted by atomic mass is 10.1. The molecular formula is C19H20F2N4O7S. The van der Waals surface area contributed by atoms with Gasteiger partial charge in [0.15, 0.2) is 11.4 Å². The third-order valence-corrected chi connectivity index (χ3v) is 5.89. The standard InChI is InChI=1S/C19H20F2N4O7S/c1-32-6-5-23-10-25(33(2,30)31)24-9-13(16(26)17(27)15(24)19(23)29)18(28)22-8-11-3-4-12(20)7-14(11)21/h3-4,7,9,27H,5-6,8,10H2,1-2H3,(H,22,28). The summed E-state index contributed by atoms with van der Waals surface area (Å²) in [6, 6.07) is 2.70. The highest BCUT2D eigenvalue weighted by molar-refractivity contribution is 7.91. The number of aromatic nitrogens is 1. The minimum absolute atomic E-state index is 0.0273. The molecule has 0 bridgehead atoms. The van der Waals surface area contributed by atoms with Crippen LogP contribution in [-0.2, 0) is 21.3 Å². The molecule has 0 saturated heterocycles. The van der Waals surface area contributed by atoms with E-state index in [1.807, 2.05) is 0 Å². The normalized spacial score (nSPS) is 13.8. The molecule has 178 valence electrons. The van der Waals surface area contributed by atoms with Crippen LogP contribution in [0.3, 0.4) is 0 Å². The Kier molecular flexibility index (Phi) is 6.69. The number of halogens is 2. The first-order chi connectivity index (χ1) is 15.5. The maximum atomic E-state index is 13.8. The number of ether oxygens (including phenoxy) is 1. The third-order valence-electron chi connectivity index (χ3n) is 4.83. The molecule has 0 saturated carbocycles. The van der Waals surface area contributed by atoms with Crippen LogP contribution in [0.2, 0.25) is 0 Å². The van der Waals surface area contributed by atoms with E-state index in [9.17, 15) is 36.7 Å². The van der Waals surface area contributed by atoms with E-state index >= 15 is 0 Å². The summed E-state index contributed by atoms with van der Waals surface area (Å²) in [6.07, 6.45) is 1.65. The molecule has 1 aliphatic heterocycles. The highest BCUT2D eigenvalue weighted by Gasteiger charge is 2.37. The van der Waals surface area contributed by atoms with Crippen molar-refractivity contribution in [2.75, 3.05) is 37.6 Å². The maximum Gasteiger partial charge on any atom is 0.278 e. The van der Waals surface area contributed by atoms with E-state index in [-0.39, 0.29) is 18.7 Å². The number of benzene rings is 1. The van der Waals surface area contributed by atoms with Gasteiger partial charge in [0, 0.05) is 38.0 Å². The van der Waals surface area contributed by atoms with Gasteiger partial charge in [-0.1, -0.05) is 6.07 Å². The van der Waals surface area contributed by atoms with Crippen LogP contribution in [0.15, 0.2) is 29.2 Å². The molecule has 1 aromatic heterocycles. The fourth-order valence-electron chi connectivity index (χ4n) is 3.13. The molecule has 0 fully saturated rings. The molecule has 2 N–H and O–H groups in total. The van der Waals surface area contributed by atoms with Gasteiger partial charge in [-0.2, -0.15) is 4.41 Å². The number of hydrogen-bond donors (Lipinski definition) is 2. The van der Waals surface area contributed by atoms with Crippen LogP contribution in [0.5, 0.6) is 5.75 Å². The zero-order chi connectivity index (χ0) is 24.5. The molecule has 0 aliphatic carbocycles. The average Bonchev–Trinajstić information content (AvgIpc) is 2.73.